The lowest BCUT2D eigenvalue weighted by Gasteiger charge is -2.07. The van der Waals surface area contributed by atoms with Gasteiger partial charge in [-0.3, -0.25) is 0 Å². The van der Waals surface area contributed by atoms with Crippen LogP contribution >= 0.6 is 0 Å². The number of carbonyl (C=O) groups excluding carboxylic acids is 1. The zero-order valence-electron chi connectivity index (χ0n) is 8.82. The van der Waals surface area contributed by atoms with Crippen molar-refractivity contribution in [2.45, 2.75) is 38.1 Å². The average Bonchev–Trinajstić information content (AvgIpc) is 2.72. The highest BCUT2D eigenvalue weighted by molar-refractivity contribution is 5.88. The maximum absolute atomic E-state index is 11.6. The van der Waals surface area contributed by atoms with Gasteiger partial charge < -0.3 is 9.30 Å². The van der Waals surface area contributed by atoms with Crippen molar-refractivity contribution in [2.75, 3.05) is 6.61 Å². The molecule has 0 radical (unpaired) electrons. The summed E-state index contributed by atoms with van der Waals surface area (Å²) >= 11 is 0. The topological polar surface area (TPSA) is 44.1 Å². The summed E-state index contributed by atoms with van der Waals surface area (Å²) in [6.07, 6.45) is 6.41. The first-order chi connectivity index (χ1) is 7.27. The summed E-state index contributed by atoms with van der Waals surface area (Å²) in [5.41, 5.74) is 1.93. The van der Waals surface area contributed by atoms with E-state index in [0.29, 0.717) is 17.8 Å². The van der Waals surface area contributed by atoms with Gasteiger partial charge in [0.2, 0.25) is 0 Å². The Morgan fingerprint density at radius 2 is 2.40 bits per heavy atom. The molecule has 3 rings (SSSR count). The van der Waals surface area contributed by atoms with Gasteiger partial charge in [0.25, 0.3) is 0 Å². The number of hydrogen-bond acceptors (Lipinski definition) is 3. The fourth-order valence-corrected chi connectivity index (χ4v) is 2.50. The SMILES string of the molecule is CCOC(=O)c1ncn2c1CCC21CC1. The van der Waals surface area contributed by atoms with Crippen LogP contribution in [0.15, 0.2) is 6.33 Å². The molecule has 80 valence electrons. The second-order valence-corrected chi connectivity index (χ2v) is 4.35. The third-order valence-corrected chi connectivity index (χ3v) is 3.50. The second-order valence-electron chi connectivity index (χ2n) is 4.35. The maximum Gasteiger partial charge on any atom is 0.358 e. The molecule has 0 atom stereocenters. The summed E-state index contributed by atoms with van der Waals surface area (Å²) in [4.78, 5) is 15.8. The Bertz CT molecular complexity index is 418. The molecular weight excluding hydrogens is 192 g/mol. The third-order valence-electron chi connectivity index (χ3n) is 3.50. The summed E-state index contributed by atoms with van der Waals surface area (Å²) in [6.45, 7) is 2.23. The molecule has 0 aromatic carbocycles. The van der Waals surface area contributed by atoms with Gasteiger partial charge in [-0.05, 0) is 32.6 Å². The van der Waals surface area contributed by atoms with Gasteiger partial charge in [0.05, 0.1) is 18.6 Å². The van der Waals surface area contributed by atoms with Crippen LogP contribution in [0.25, 0.3) is 0 Å². The van der Waals surface area contributed by atoms with Crippen LogP contribution in [0, 0.1) is 0 Å². The summed E-state index contributed by atoms with van der Waals surface area (Å²) < 4.78 is 7.18. The summed E-state index contributed by atoms with van der Waals surface area (Å²) in [5.74, 6) is -0.274. The number of hydrogen-bond donors (Lipinski definition) is 0. The summed E-state index contributed by atoms with van der Waals surface area (Å²) in [6, 6.07) is 0. The highest BCUT2D eigenvalue weighted by Crippen LogP contribution is 2.52. The largest absolute Gasteiger partial charge is 0.461 e. The smallest absolute Gasteiger partial charge is 0.358 e. The molecule has 1 fully saturated rings. The average molecular weight is 206 g/mol. The number of carbonyl (C=O) groups is 1. The molecule has 4 heteroatoms. The van der Waals surface area contributed by atoms with Crippen molar-refractivity contribution < 1.29 is 9.53 Å². The minimum absolute atomic E-state index is 0.274. The lowest BCUT2D eigenvalue weighted by atomic mass is 10.2. The zero-order valence-corrected chi connectivity index (χ0v) is 8.82. The Morgan fingerprint density at radius 3 is 3.07 bits per heavy atom. The highest BCUT2D eigenvalue weighted by atomic mass is 16.5. The minimum Gasteiger partial charge on any atom is -0.461 e. The number of esters is 1. The van der Waals surface area contributed by atoms with E-state index in [1.54, 1.807) is 0 Å². The van der Waals surface area contributed by atoms with Crippen molar-refractivity contribution in [1.29, 1.82) is 0 Å². The number of rotatable bonds is 2. The molecule has 0 N–H and O–H groups in total. The van der Waals surface area contributed by atoms with Crippen LogP contribution in [-0.2, 0) is 16.7 Å². The fourth-order valence-electron chi connectivity index (χ4n) is 2.50. The quantitative estimate of drug-likeness (QED) is 0.689. The summed E-state index contributed by atoms with van der Waals surface area (Å²) in [7, 11) is 0. The fraction of sp³-hybridized carbons (Fsp3) is 0.636. The van der Waals surface area contributed by atoms with Crippen LogP contribution in [0.3, 0.4) is 0 Å². The molecule has 2 aliphatic rings. The molecule has 1 aliphatic heterocycles. The molecule has 0 saturated heterocycles. The van der Waals surface area contributed by atoms with Gasteiger partial charge in [-0.25, -0.2) is 9.78 Å². The van der Waals surface area contributed by atoms with Crippen LogP contribution in [0.5, 0.6) is 0 Å². The van der Waals surface area contributed by atoms with Gasteiger partial charge in [-0.2, -0.15) is 0 Å². The monoisotopic (exact) mass is 206 g/mol. The van der Waals surface area contributed by atoms with Gasteiger partial charge in [-0.15, -0.1) is 0 Å². The number of fused-ring (bicyclic) bond motifs is 2. The van der Waals surface area contributed by atoms with Gasteiger partial charge in [-0.1, -0.05) is 0 Å². The van der Waals surface area contributed by atoms with Crippen LogP contribution in [0.4, 0.5) is 0 Å². The lowest BCUT2D eigenvalue weighted by molar-refractivity contribution is 0.0519. The molecule has 15 heavy (non-hydrogen) atoms. The molecule has 1 aromatic heterocycles. The first-order valence-corrected chi connectivity index (χ1v) is 5.51. The van der Waals surface area contributed by atoms with Crippen LogP contribution < -0.4 is 0 Å². The number of aromatic nitrogens is 2. The molecule has 1 aliphatic carbocycles. The first kappa shape index (κ1) is 8.95. The second kappa shape index (κ2) is 2.84. The van der Waals surface area contributed by atoms with Crippen molar-refractivity contribution in [2.24, 2.45) is 0 Å². The van der Waals surface area contributed by atoms with E-state index in [9.17, 15) is 4.79 Å². The molecule has 1 spiro atoms. The molecule has 1 aromatic rings. The zero-order chi connectivity index (χ0) is 10.5. The van der Waals surface area contributed by atoms with Gasteiger partial charge in [0.15, 0.2) is 5.69 Å². The van der Waals surface area contributed by atoms with Gasteiger partial charge in [0.1, 0.15) is 0 Å². The molecule has 2 heterocycles. The molecule has 4 nitrogen and oxygen atoms in total. The lowest BCUT2D eigenvalue weighted by Crippen LogP contribution is -2.10. The predicted octanol–water partition coefficient (Wildman–Crippen LogP) is 1.50. The Kier molecular flexibility index (Phi) is 1.69. The van der Waals surface area contributed by atoms with Crippen LogP contribution in [0.2, 0.25) is 0 Å². The minimum atomic E-state index is -0.274. The normalized spacial score (nSPS) is 20.3. The van der Waals surface area contributed by atoms with E-state index in [-0.39, 0.29) is 5.97 Å². The molecule has 0 unspecified atom stereocenters. The number of imidazole rings is 1. The standard InChI is InChI=1S/C11H14N2O2/c1-2-15-10(14)9-8-3-4-11(5-6-11)13(8)7-12-9/h7H,2-6H2,1H3. The molecule has 1 saturated carbocycles. The van der Waals surface area contributed by atoms with Crippen molar-refractivity contribution in [3.8, 4) is 0 Å². The van der Waals surface area contributed by atoms with Crippen molar-refractivity contribution in [1.82, 2.24) is 9.55 Å². The van der Waals surface area contributed by atoms with E-state index in [2.05, 4.69) is 9.55 Å². The molecule has 0 amide bonds. The van der Waals surface area contributed by atoms with E-state index in [1.807, 2.05) is 13.3 Å². The van der Waals surface area contributed by atoms with Crippen molar-refractivity contribution >= 4 is 5.97 Å². The van der Waals surface area contributed by atoms with Crippen LogP contribution in [-0.4, -0.2) is 22.1 Å². The number of nitrogens with zero attached hydrogens (tertiary/aromatic N) is 2. The Morgan fingerprint density at radius 1 is 1.60 bits per heavy atom. The predicted molar refractivity (Wildman–Crippen MR) is 53.7 cm³/mol. The van der Waals surface area contributed by atoms with Crippen molar-refractivity contribution in [3.05, 3.63) is 17.7 Å². The number of ether oxygens (including phenoxy) is 1. The van der Waals surface area contributed by atoms with Crippen LogP contribution in [0.1, 0.15) is 42.4 Å². The molecular formula is C11H14N2O2. The third kappa shape index (κ3) is 1.14. The van der Waals surface area contributed by atoms with E-state index in [0.717, 1.165) is 18.5 Å². The first-order valence-electron chi connectivity index (χ1n) is 5.51. The highest BCUT2D eigenvalue weighted by Gasteiger charge is 2.49. The van der Waals surface area contributed by atoms with Crippen molar-refractivity contribution in [3.63, 3.8) is 0 Å². The van der Waals surface area contributed by atoms with E-state index in [4.69, 9.17) is 4.74 Å². The molecule has 0 bridgehead atoms. The van der Waals surface area contributed by atoms with Gasteiger partial charge >= 0.3 is 5.97 Å². The Labute approximate surface area is 88.3 Å². The Balaban J connectivity index is 1.96. The van der Waals surface area contributed by atoms with E-state index in [1.165, 1.54) is 12.8 Å². The maximum atomic E-state index is 11.6. The Hall–Kier alpha value is -1.32. The summed E-state index contributed by atoms with van der Waals surface area (Å²) in [5, 5.41) is 0. The van der Waals surface area contributed by atoms with Gasteiger partial charge in [0, 0.05) is 5.54 Å². The van der Waals surface area contributed by atoms with E-state index < -0.39 is 0 Å². The van der Waals surface area contributed by atoms with E-state index >= 15 is 0 Å².